The first-order valence-corrected chi connectivity index (χ1v) is 8.74. The van der Waals surface area contributed by atoms with E-state index in [2.05, 4.69) is 15.9 Å². The van der Waals surface area contributed by atoms with Gasteiger partial charge in [-0.25, -0.2) is 4.39 Å². The molecule has 0 saturated carbocycles. The number of benzene rings is 2. The Balaban J connectivity index is 2.08. The van der Waals surface area contributed by atoms with Crippen LogP contribution in [0.25, 0.3) is 22.3 Å². The van der Waals surface area contributed by atoms with E-state index in [1.54, 1.807) is 37.3 Å². The lowest BCUT2D eigenvalue weighted by Crippen LogP contribution is -2.07. The number of fused-ring (bicyclic) bond motifs is 1. The lowest BCUT2D eigenvalue weighted by atomic mass is 10.1. The van der Waals surface area contributed by atoms with Crippen molar-refractivity contribution in [3.63, 3.8) is 0 Å². The minimum atomic E-state index is -0.331. The van der Waals surface area contributed by atoms with Gasteiger partial charge in [0.05, 0.1) is 12.0 Å². The van der Waals surface area contributed by atoms with Gasteiger partial charge >= 0.3 is 0 Å². The Hall–Kier alpha value is -2.14. The molecular weight excluding hydrogens is 375 g/mol. The van der Waals surface area contributed by atoms with Crippen LogP contribution in [0.15, 0.2) is 51.7 Å². The normalized spacial score (nSPS) is 11.0. The molecule has 0 bridgehead atoms. The fourth-order valence-electron chi connectivity index (χ4n) is 2.48. The van der Waals surface area contributed by atoms with Crippen molar-refractivity contribution in [3.05, 3.63) is 64.1 Å². The summed E-state index contributed by atoms with van der Waals surface area (Å²) in [5, 5.41) is 1.37. The monoisotopic (exact) mass is 390 g/mol. The van der Waals surface area contributed by atoms with E-state index in [1.807, 2.05) is 0 Å². The summed E-state index contributed by atoms with van der Waals surface area (Å²) in [6, 6.07) is 11.1. The third kappa shape index (κ3) is 3.36. The first-order valence-electron chi connectivity index (χ1n) is 7.62. The molecule has 0 fully saturated rings. The Labute approximate surface area is 147 Å². The molecule has 0 spiro atoms. The Morgan fingerprint density at radius 3 is 2.62 bits per heavy atom. The van der Waals surface area contributed by atoms with Gasteiger partial charge in [0.2, 0.25) is 0 Å². The van der Waals surface area contributed by atoms with Gasteiger partial charge < -0.3 is 9.15 Å². The SMILES string of the molecule is Cc1c(-c2ccc(F)cc2)oc2cc(OCCCBr)ccc2c1=O. The molecule has 0 unspecified atom stereocenters. The largest absolute Gasteiger partial charge is 0.493 e. The van der Waals surface area contributed by atoms with E-state index in [1.165, 1.54) is 12.1 Å². The van der Waals surface area contributed by atoms with Crippen molar-refractivity contribution < 1.29 is 13.5 Å². The van der Waals surface area contributed by atoms with Gasteiger partial charge in [-0.2, -0.15) is 0 Å². The predicted molar refractivity (Wildman–Crippen MR) is 96.5 cm³/mol. The molecule has 3 rings (SSSR count). The topological polar surface area (TPSA) is 39.4 Å². The zero-order chi connectivity index (χ0) is 17.1. The van der Waals surface area contributed by atoms with Crippen LogP contribution in [0.2, 0.25) is 0 Å². The Morgan fingerprint density at radius 1 is 1.17 bits per heavy atom. The highest BCUT2D eigenvalue weighted by molar-refractivity contribution is 9.09. The second-order valence-corrected chi connectivity index (χ2v) is 6.23. The molecule has 0 radical (unpaired) electrons. The Morgan fingerprint density at radius 2 is 1.92 bits per heavy atom. The highest BCUT2D eigenvalue weighted by Gasteiger charge is 2.13. The van der Waals surface area contributed by atoms with Crippen molar-refractivity contribution in [3.8, 4) is 17.1 Å². The third-order valence-corrected chi connectivity index (χ3v) is 4.30. The number of alkyl halides is 1. The van der Waals surface area contributed by atoms with E-state index in [0.717, 1.165) is 11.8 Å². The van der Waals surface area contributed by atoms with Crippen LogP contribution in [0, 0.1) is 12.7 Å². The van der Waals surface area contributed by atoms with Crippen molar-refractivity contribution in [2.45, 2.75) is 13.3 Å². The second-order valence-electron chi connectivity index (χ2n) is 5.44. The molecule has 0 aliphatic rings. The predicted octanol–water partition coefficient (Wildman–Crippen LogP) is 5.07. The molecular formula is C19H16BrFO3. The summed E-state index contributed by atoms with van der Waals surface area (Å²) in [7, 11) is 0. The van der Waals surface area contributed by atoms with Gasteiger partial charge in [0.25, 0.3) is 0 Å². The quantitative estimate of drug-likeness (QED) is 0.450. The molecule has 3 nitrogen and oxygen atoms in total. The van der Waals surface area contributed by atoms with Crippen LogP contribution in [-0.2, 0) is 0 Å². The standard InChI is InChI=1S/C19H16BrFO3/c1-12-18(22)16-8-7-15(23-10-2-9-20)11-17(16)24-19(12)13-3-5-14(21)6-4-13/h3-8,11H,2,9-10H2,1H3. The molecule has 1 heterocycles. The van der Waals surface area contributed by atoms with E-state index < -0.39 is 0 Å². The molecule has 2 aromatic carbocycles. The molecule has 0 N–H and O–H groups in total. The minimum absolute atomic E-state index is 0.0948. The van der Waals surface area contributed by atoms with Crippen molar-refractivity contribution in [1.29, 1.82) is 0 Å². The average Bonchev–Trinajstić information content (AvgIpc) is 2.59. The van der Waals surface area contributed by atoms with E-state index in [-0.39, 0.29) is 11.2 Å². The molecule has 0 aliphatic carbocycles. The van der Waals surface area contributed by atoms with Gasteiger partial charge in [0.15, 0.2) is 5.43 Å². The van der Waals surface area contributed by atoms with E-state index >= 15 is 0 Å². The van der Waals surface area contributed by atoms with Crippen LogP contribution >= 0.6 is 15.9 Å². The van der Waals surface area contributed by atoms with Crippen LogP contribution < -0.4 is 10.2 Å². The maximum absolute atomic E-state index is 13.1. The lowest BCUT2D eigenvalue weighted by Gasteiger charge is -2.09. The number of halogens is 2. The average molecular weight is 391 g/mol. The van der Waals surface area contributed by atoms with E-state index in [0.29, 0.717) is 40.2 Å². The first-order chi connectivity index (χ1) is 11.6. The van der Waals surface area contributed by atoms with Gasteiger partial charge in [-0.1, -0.05) is 15.9 Å². The maximum atomic E-state index is 13.1. The summed E-state index contributed by atoms with van der Waals surface area (Å²) < 4.78 is 24.7. The van der Waals surface area contributed by atoms with Crippen molar-refractivity contribution in [2.75, 3.05) is 11.9 Å². The number of rotatable bonds is 5. The molecule has 124 valence electrons. The lowest BCUT2D eigenvalue weighted by molar-refractivity contribution is 0.319. The fraction of sp³-hybridized carbons (Fsp3) is 0.211. The van der Waals surface area contributed by atoms with E-state index in [4.69, 9.17) is 9.15 Å². The smallest absolute Gasteiger partial charge is 0.196 e. The van der Waals surface area contributed by atoms with Gasteiger partial charge in [-0.3, -0.25) is 4.79 Å². The van der Waals surface area contributed by atoms with Crippen molar-refractivity contribution >= 4 is 26.9 Å². The summed E-state index contributed by atoms with van der Waals surface area (Å²) in [6.07, 6.45) is 0.886. The van der Waals surface area contributed by atoms with Gasteiger partial charge in [-0.15, -0.1) is 0 Å². The van der Waals surface area contributed by atoms with Crippen LogP contribution in [0.4, 0.5) is 4.39 Å². The van der Waals surface area contributed by atoms with Crippen LogP contribution in [0.3, 0.4) is 0 Å². The summed E-state index contributed by atoms with van der Waals surface area (Å²) >= 11 is 3.35. The molecule has 3 aromatic rings. The number of hydrogen-bond acceptors (Lipinski definition) is 3. The summed E-state index contributed by atoms with van der Waals surface area (Å²) in [5.41, 5.74) is 1.53. The second kappa shape index (κ2) is 7.18. The molecule has 0 aliphatic heterocycles. The summed E-state index contributed by atoms with van der Waals surface area (Å²) in [6.45, 7) is 2.29. The Bertz CT molecular complexity index is 916. The zero-order valence-electron chi connectivity index (χ0n) is 13.1. The summed E-state index contributed by atoms with van der Waals surface area (Å²) in [4.78, 5) is 12.6. The van der Waals surface area contributed by atoms with Crippen LogP contribution in [0.5, 0.6) is 5.75 Å². The van der Waals surface area contributed by atoms with Crippen molar-refractivity contribution in [2.24, 2.45) is 0 Å². The highest BCUT2D eigenvalue weighted by Crippen LogP contribution is 2.27. The van der Waals surface area contributed by atoms with Gasteiger partial charge in [0, 0.05) is 22.5 Å². The molecule has 0 amide bonds. The molecule has 24 heavy (non-hydrogen) atoms. The van der Waals surface area contributed by atoms with E-state index in [9.17, 15) is 9.18 Å². The highest BCUT2D eigenvalue weighted by atomic mass is 79.9. The summed E-state index contributed by atoms with van der Waals surface area (Å²) in [5.74, 6) is 0.771. The van der Waals surface area contributed by atoms with Crippen molar-refractivity contribution in [1.82, 2.24) is 0 Å². The molecule has 0 saturated heterocycles. The maximum Gasteiger partial charge on any atom is 0.196 e. The third-order valence-electron chi connectivity index (χ3n) is 3.74. The number of ether oxygens (including phenoxy) is 1. The van der Waals surface area contributed by atoms with Gasteiger partial charge in [-0.05, 0) is 49.7 Å². The zero-order valence-corrected chi connectivity index (χ0v) is 14.7. The number of hydrogen-bond donors (Lipinski definition) is 0. The van der Waals surface area contributed by atoms with Crippen LogP contribution in [0.1, 0.15) is 12.0 Å². The van der Waals surface area contributed by atoms with Gasteiger partial charge in [0.1, 0.15) is 22.9 Å². The molecule has 0 atom stereocenters. The van der Waals surface area contributed by atoms with Crippen LogP contribution in [-0.4, -0.2) is 11.9 Å². The molecule has 5 heteroatoms. The Kier molecular flexibility index (Phi) is 5.00. The molecule has 1 aromatic heterocycles. The minimum Gasteiger partial charge on any atom is -0.493 e. The first kappa shape index (κ1) is 16.7. The fourth-order valence-corrected chi connectivity index (χ4v) is 2.71.